The van der Waals surface area contributed by atoms with Crippen LogP contribution in [-0.4, -0.2) is 5.80 Å². The zero-order valence-electron chi connectivity index (χ0n) is 5.56. The maximum atomic E-state index is 10.8. The molecule has 1 unspecified atom stereocenters. The monoisotopic (exact) mass is 168 g/mol. The summed E-state index contributed by atoms with van der Waals surface area (Å²) in [6, 6.07) is 7.26. The predicted molar refractivity (Wildman–Crippen MR) is 40.2 cm³/mol. The van der Waals surface area contributed by atoms with Crippen molar-refractivity contribution in [3.63, 3.8) is 0 Å². The van der Waals surface area contributed by atoms with E-state index >= 15 is 0 Å². The molecule has 11 heavy (non-hydrogen) atoms. The van der Waals surface area contributed by atoms with Crippen molar-refractivity contribution in [2.75, 3.05) is 0 Å². The van der Waals surface area contributed by atoms with Crippen molar-refractivity contribution in [3.8, 4) is 5.75 Å². The highest BCUT2D eigenvalue weighted by atomic mass is 31.1. The summed E-state index contributed by atoms with van der Waals surface area (Å²) in [5.41, 5.74) is 0.819. The molecule has 1 heterocycles. The average molecular weight is 168 g/mol. The summed E-state index contributed by atoms with van der Waals surface area (Å²) >= 11 is 0. The molecule has 3 nitrogen and oxygen atoms in total. The molecule has 0 saturated carbocycles. The second kappa shape index (κ2) is 2.62. The van der Waals surface area contributed by atoms with Crippen LogP contribution in [0, 0.1) is 0 Å². The lowest BCUT2D eigenvalue weighted by Crippen LogP contribution is -2.05. The Hall–Kier alpha value is -0.890. The number of benzene rings is 1. The summed E-state index contributed by atoms with van der Waals surface area (Å²) in [6.07, 6.45) is 0. The molecule has 0 bridgehead atoms. The molecule has 0 aromatic heterocycles. The first-order valence-corrected chi connectivity index (χ1v) is 4.36. The van der Waals surface area contributed by atoms with Gasteiger partial charge in [-0.15, -0.1) is 0 Å². The molecular formula is C7H5O3P. The Labute approximate surface area is 64.7 Å². The molecule has 1 aliphatic heterocycles. The largest absolute Gasteiger partial charge is 0.600 e. The Morgan fingerprint density at radius 3 is 3.00 bits per heavy atom. The molecule has 1 aliphatic rings. The van der Waals surface area contributed by atoms with Gasteiger partial charge < -0.3 is 4.89 Å². The molecule has 0 fully saturated rings. The number of hydrogen-bond acceptors (Lipinski definition) is 3. The van der Waals surface area contributed by atoms with Crippen LogP contribution < -0.4 is 9.78 Å². The van der Waals surface area contributed by atoms with Crippen LogP contribution in [0.3, 0.4) is 0 Å². The number of para-hydroxylation sites is 1. The lowest BCUT2D eigenvalue weighted by Gasteiger charge is -2.07. The summed E-state index contributed by atoms with van der Waals surface area (Å²) in [5, 5.41) is 0. The van der Waals surface area contributed by atoms with E-state index in [9.17, 15) is 4.89 Å². The third-order valence-electron chi connectivity index (χ3n) is 1.36. The highest BCUT2D eigenvalue weighted by Crippen LogP contribution is 2.28. The maximum Gasteiger partial charge on any atom is 0.280 e. The Kier molecular flexibility index (Phi) is 1.62. The topological polar surface area (TPSA) is 41.5 Å². The summed E-state index contributed by atoms with van der Waals surface area (Å²) in [7, 11) is -1.78. The second-order valence-corrected chi connectivity index (χ2v) is 3.09. The van der Waals surface area contributed by atoms with E-state index in [0.717, 1.165) is 5.56 Å². The number of fused-ring (bicyclic) bond motifs is 1. The Morgan fingerprint density at radius 2 is 2.09 bits per heavy atom. The van der Waals surface area contributed by atoms with Crippen molar-refractivity contribution >= 4 is 13.8 Å². The van der Waals surface area contributed by atoms with Gasteiger partial charge in [-0.25, -0.2) is 0 Å². The van der Waals surface area contributed by atoms with Crippen LogP contribution in [0.2, 0.25) is 0 Å². The van der Waals surface area contributed by atoms with Gasteiger partial charge in [-0.1, -0.05) is 12.1 Å². The maximum absolute atomic E-state index is 10.8. The third-order valence-corrected chi connectivity index (χ3v) is 2.07. The SMILES string of the molecule is [O-][P+]1=Cc2ccccc2OO1. The molecule has 0 N–H and O–H groups in total. The number of rotatable bonds is 0. The molecule has 1 aromatic rings. The van der Waals surface area contributed by atoms with Gasteiger partial charge in [0.05, 0.1) is 5.56 Å². The molecule has 2 rings (SSSR count). The minimum atomic E-state index is -1.78. The van der Waals surface area contributed by atoms with E-state index in [4.69, 9.17) is 4.89 Å². The molecule has 0 radical (unpaired) electrons. The van der Waals surface area contributed by atoms with E-state index in [1.54, 1.807) is 6.07 Å². The van der Waals surface area contributed by atoms with E-state index in [1.165, 1.54) is 5.80 Å². The lowest BCUT2D eigenvalue weighted by atomic mass is 10.2. The van der Waals surface area contributed by atoms with E-state index in [1.807, 2.05) is 18.2 Å². The molecular weight excluding hydrogens is 163 g/mol. The van der Waals surface area contributed by atoms with Crippen LogP contribution in [0.1, 0.15) is 5.56 Å². The summed E-state index contributed by atoms with van der Waals surface area (Å²) < 4.78 is 4.46. The van der Waals surface area contributed by atoms with Gasteiger partial charge in [0.25, 0.3) is 8.00 Å². The zero-order valence-corrected chi connectivity index (χ0v) is 6.45. The summed E-state index contributed by atoms with van der Waals surface area (Å²) in [6.45, 7) is 0. The molecule has 4 heteroatoms. The van der Waals surface area contributed by atoms with E-state index in [2.05, 4.69) is 4.67 Å². The van der Waals surface area contributed by atoms with E-state index in [0.29, 0.717) is 5.75 Å². The Balaban J connectivity index is 2.51. The Bertz CT molecular complexity index is 308. The van der Waals surface area contributed by atoms with Gasteiger partial charge in [-0.05, 0) is 12.1 Å². The minimum Gasteiger partial charge on any atom is -0.600 e. The average Bonchev–Trinajstić information content (AvgIpc) is 2.04. The fourth-order valence-corrected chi connectivity index (χ4v) is 1.51. The number of hydrogen-bond donors (Lipinski definition) is 0. The molecule has 0 spiro atoms. The van der Waals surface area contributed by atoms with Crippen LogP contribution in [0.25, 0.3) is 0 Å². The first kappa shape index (κ1) is 6.80. The van der Waals surface area contributed by atoms with E-state index < -0.39 is 8.00 Å². The van der Waals surface area contributed by atoms with Crippen LogP contribution in [0.5, 0.6) is 5.75 Å². The Morgan fingerprint density at radius 1 is 1.27 bits per heavy atom. The molecule has 0 aliphatic carbocycles. The second-order valence-electron chi connectivity index (χ2n) is 2.11. The van der Waals surface area contributed by atoms with Crippen molar-refractivity contribution < 1.29 is 14.5 Å². The highest BCUT2D eigenvalue weighted by molar-refractivity contribution is 7.45. The normalized spacial score (nSPS) is 18.1. The summed E-state index contributed by atoms with van der Waals surface area (Å²) in [5.74, 6) is 2.15. The molecule has 1 aromatic carbocycles. The smallest absolute Gasteiger partial charge is 0.280 e. The van der Waals surface area contributed by atoms with Gasteiger partial charge in [-0.3, -0.25) is 4.89 Å². The first-order chi connectivity index (χ1) is 5.36. The first-order valence-electron chi connectivity index (χ1n) is 3.11. The predicted octanol–water partition coefficient (Wildman–Crippen LogP) is 0.833. The van der Waals surface area contributed by atoms with Gasteiger partial charge in [0.15, 0.2) is 11.5 Å². The van der Waals surface area contributed by atoms with Gasteiger partial charge in [0.1, 0.15) is 0 Å². The van der Waals surface area contributed by atoms with Crippen molar-refractivity contribution in [2.24, 2.45) is 0 Å². The third kappa shape index (κ3) is 1.26. The molecule has 1 atom stereocenters. The van der Waals surface area contributed by atoms with Gasteiger partial charge in [0.2, 0.25) is 0 Å². The highest BCUT2D eigenvalue weighted by Gasteiger charge is 2.14. The van der Waals surface area contributed by atoms with Gasteiger partial charge in [0, 0.05) is 4.67 Å². The minimum absolute atomic E-state index is 0.613. The van der Waals surface area contributed by atoms with Crippen molar-refractivity contribution in [3.05, 3.63) is 29.8 Å². The quantitative estimate of drug-likeness (QED) is 0.425. The van der Waals surface area contributed by atoms with Crippen LogP contribution in [0.4, 0.5) is 0 Å². The van der Waals surface area contributed by atoms with Gasteiger partial charge >= 0.3 is 0 Å². The van der Waals surface area contributed by atoms with Crippen molar-refractivity contribution in [1.29, 1.82) is 0 Å². The van der Waals surface area contributed by atoms with Crippen molar-refractivity contribution in [2.45, 2.75) is 0 Å². The zero-order chi connectivity index (χ0) is 7.68. The molecule has 0 saturated heterocycles. The van der Waals surface area contributed by atoms with Crippen LogP contribution >= 0.6 is 8.00 Å². The lowest BCUT2D eigenvalue weighted by molar-refractivity contribution is -0.217. The summed E-state index contributed by atoms with van der Waals surface area (Å²) in [4.78, 5) is 15.5. The van der Waals surface area contributed by atoms with Gasteiger partial charge in [-0.2, -0.15) is 0 Å². The fraction of sp³-hybridized carbons (Fsp3) is 0. The standard InChI is InChI=1S/C7H5O3P/c8-11-5-6-3-1-2-4-7(6)9-10-11/h1-5H. The van der Waals surface area contributed by atoms with Crippen LogP contribution in [-0.2, 0) is 4.67 Å². The van der Waals surface area contributed by atoms with E-state index in [-0.39, 0.29) is 0 Å². The van der Waals surface area contributed by atoms with Crippen LogP contribution in [0.15, 0.2) is 24.3 Å². The molecule has 0 amide bonds. The molecule has 56 valence electrons. The van der Waals surface area contributed by atoms with Crippen molar-refractivity contribution in [1.82, 2.24) is 0 Å². The fourth-order valence-electron chi connectivity index (χ4n) is 0.875.